The van der Waals surface area contributed by atoms with Gasteiger partial charge >= 0.3 is 0 Å². The van der Waals surface area contributed by atoms with Crippen LogP contribution in [0.4, 0.5) is 5.13 Å². The summed E-state index contributed by atoms with van der Waals surface area (Å²) in [5, 5.41) is 3.70. The van der Waals surface area contributed by atoms with Gasteiger partial charge in [0.05, 0.1) is 22.9 Å². The molecule has 0 saturated heterocycles. The molecule has 26 heavy (non-hydrogen) atoms. The van der Waals surface area contributed by atoms with Gasteiger partial charge in [0, 0.05) is 5.02 Å². The van der Waals surface area contributed by atoms with Gasteiger partial charge in [-0.1, -0.05) is 35.1 Å². The van der Waals surface area contributed by atoms with E-state index in [1.165, 1.54) is 18.3 Å². The molecule has 2 aromatic carbocycles. The maximum atomic E-state index is 12.5. The van der Waals surface area contributed by atoms with Crippen molar-refractivity contribution < 1.29 is 14.3 Å². The van der Waals surface area contributed by atoms with Crippen LogP contribution in [-0.4, -0.2) is 23.8 Å². The van der Waals surface area contributed by atoms with Crippen molar-refractivity contribution in [3.05, 3.63) is 58.6 Å². The van der Waals surface area contributed by atoms with Crippen molar-refractivity contribution in [1.82, 2.24) is 4.98 Å². The number of hydrogen-bond acceptors (Lipinski definition) is 5. The number of anilines is 1. The van der Waals surface area contributed by atoms with E-state index in [2.05, 4.69) is 10.3 Å². The number of Topliss-reactive ketones (excluding diaryl/α,β-unsaturated/α-hetero) is 1. The molecule has 3 aromatic rings. The molecule has 1 heterocycles. The third kappa shape index (κ3) is 4.09. The first-order valence-corrected chi connectivity index (χ1v) is 8.90. The van der Waals surface area contributed by atoms with Crippen LogP contribution in [-0.2, 0) is 9.59 Å². The second-order valence-corrected chi connectivity index (χ2v) is 6.94. The third-order valence-corrected chi connectivity index (χ3v) is 4.79. The van der Waals surface area contributed by atoms with Gasteiger partial charge in [-0.25, -0.2) is 4.98 Å². The first kappa shape index (κ1) is 18.1. The van der Waals surface area contributed by atoms with E-state index in [4.69, 9.17) is 16.3 Å². The predicted molar refractivity (Wildman–Crippen MR) is 105 cm³/mol. The van der Waals surface area contributed by atoms with E-state index in [1.54, 1.807) is 55.7 Å². The number of aromatic nitrogens is 1. The predicted octanol–water partition coefficient (Wildman–Crippen LogP) is 4.57. The molecule has 0 aliphatic carbocycles. The Morgan fingerprint density at radius 3 is 2.58 bits per heavy atom. The molecule has 0 bridgehead atoms. The molecule has 7 heteroatoms. The van der Waals surface area contributed by atoms with Crippen LogP contribution in [0.1, 0.15) is 12.5 Å². The molecule has 0 spiro atoms. The summed E-state index contributed by atoms with van der Waals surface area (Å²) in [5.41, 5.74) is 1.51. The lowest BCUT2D eigenvalue weighted by Crippen LogP contribution is -2.18. The number of halogens is 1. The van der Waals surface area contributed by atoms with Crippen molar-refractivity contribution in [2.45, 2.75) is 6.92 Å². The molecule has 0 aliphatic heterocycles. The lowest BCUT2D eigenvalue weighted by molar-refractivity contribution is -0.118. The molecule has 0 aliphatic rings. The van der Waals surface area contributed by atoms with E-state index in [0.717, 1.165) is 15.8 Å². The molecule has 132 valence electrons. The summed E-state index contributed by atoms with van der Waals surface area (Å²) in [4.78, 5) is 28.8. The van der Waals surface area contributed by atoms with Crippen molar-refractivity contribution in [1.29, 1.82) is 0 Å². The number of nitrogens with zero attached hydrogens (tertiary/aromatic N) is 1. The normalized spacial score (nSPS) is 11.4. The van der Waals surface area contributed by atoms with E-state index >= 15 is 0 Å². The van der Waals surface area contributed by atoms with Gasteiger partial charge in [0.1, 0.15) is 5.75 Å². The molecule has 0 atom stereocenters. The topological polar surface area (TPSA) is 68.3 Å². The Morgan fingerprint density at radius 2 is 1.92 bits per heavy atom. The summed E-state index contributed by atoms with van der Waals surface area (Å²) >= 11 is 7.26. The Balaban J connectivity index is 1.85. The molecular weight excluding hydrogens is 372 g/mol. The maximum absolute atomic E-state index is 12.5. The SMILES string of the molecule is COc1ccc(/C=C(\C(C)=O)C(=O)Nc2nc3ccc(Cl)cc3s2)cc1. The Kier molecular flexibility index (Phi) is 5.35. The number of amides is 1. The highest BCUT2D eigenvalue weighted by molar-refractivity contribution is 7.22. The van der Waals surface area contributed by atoms with Crippen LogP contribution in [0.15, 0.2) is 48.0 Å². The van der Waals surface area contributed by atoms with Crippen LogP contribution in [0.3, 0.4) is 0 Å². The number of nitrogens with one attached hydrogen (secondary N) is 1. The summed E-state index contributed by atoms with van der Waals surface area (Å²) in [6.07, 6.45) is 1.54. The van der Waals surface area contributed by atoms with Gasteiger partial charge in [0.25, 0.3) is 5.91 Å². The second kappa shape index (κ2) is 7.68. The van der Waals surface area contributed by atoms with E-state index in [-0.39, 0.29) is 11.4 Å². The van der Waals surface area contributed by atoms with Crippen molar-refractivity contribution in [2.24, 2.45) is 0 Å². The van der Waals surface area contributed by atoms with E-state index < -0.39 is 5.91 Å². The number of carbonyl (C=O) groups excluding carboxylic acids is 2. The number of methoxy groups -OCH3 is 1. The lowest BCUT2D eigenvalue weighted by atomic mass is 10.1. The van der Waals surface area contributed by atoms with Crippen LogP contribution in [0.2, 0.25) is 5.02 Å². The minimum atomic E-state index is -0.501. The number of thiazole rings is 1. The van der Waals surface area contributed by atoms with Crippen molar-refractivity contribution >= 4 is 56.1 Å². The Labute approximate surface area is 159 Å². The van der Waals surface area contributed by atoms with Crippen LogP contribution in [0.25, 0.3) is 16.3 Å². The standard InChI is InChI=1S/C19H15ClN2O3S/c1-11(23)15(9-12-3-6-14(25-2)7-4-12)18(24)22-19-21-16-8-5-13(20)10-17(16)26-19/h3-10H,1-2H3,(H,21,22,24)/b15-9+. The highest BCUT2D eigenvalue weighted by Gasteiger charge is 2.16. The molecule has 0 unspecified atom stereocenters. The van der Waals surface area contributed by atoms with Gasteiger partial charge < -0.3 is 4.74 Å². The smallest absolute Gasteiger partial charge is 0.261 e. The molecule has 3 rings (SSSR count). The quantitative estimate of drug-likeness (QED) is 0.396. The number of ether oxygens (including phenoxy) is 1. The molecule has 0 saturated carbocycles. The zero-order chi connectivity index (χ0) is 18.7. The van der Waals surface area contributed by atoms with Gasteiger partial charge in [-0.2, -0.15) is 0 Å². The fourth-order valence-corrected chi connectivity index (χ4v) is 3.45. The van der Waals surface area contributed by atoms with Gasteiger partial charge in [-0.05, 0) is 48.9 Å². The fourth-order valence-electron chi connectivity index (χ4n) is 2.31. The molecule has 1 aromatic heterocycles. The number of fused-ring (bicyclic) bond motifs is 1. The summed E-state index contributed by atoms with van der Waals surface area (Å²) in [6, 6.07) is 12.4. The van der Waals surface area contributed by atoms with Crippen molar-refractivity contribution in [2.75, 3.05) is 12.4 Å². The highest BCUT2D eigenvalue weighted by Crippen LogP contribution is 2.28. The summed E-state index contributed by atoms with van der Waals surface area (Å²) in [6.45, 7) is 1.35. The van der Waals surface area contributed by atoms with E-state index in [0.29, 0.717) is 15.9 Å². The number of hydrogen-bond donors (Lipinski definition) is 1. The Morgan fingerprint density at radius 1 is 1.19 bits per heavy atom. The number of ketones is 1. The summed E-state index contributed by atoms with van der Waals surface area (Å²) < 4.78 is 5.96. The molecule has 1 amide bonds. The first-order chi connectivity index (χ1) is 12.5. The van der Waals surface area contributed by atoms with Gasteiger partial charge in [0.15, 0.2) is 10.9 Å². The Hall–Kier alpha value is -2.70. The number of carbonyl (C=O) groups is 2. The van der Waals surface area contributed by atoms with Gasteiger partial charge in [0.2, 0.25) is 0 Å². The Bertz CT molecular complexity index is 1010. The van der Waals surface area contributed by atoms with Gasteiger partial charge in [-0.3, -0.25) is 14.9 Å². The maximum Gasteiger partial charge on any atom is 0.261 e. The van der Waals surface area contributed by atoms with Crippen LogP contribution in [0, 0.1) is 0 Å². The van der Waals surface area contributed by atoms with E-state index in [9.17, 15) is 9.59 Å². The lowest BCUT2D eigenvalue weighted by Gasteiger charge is -2.05. The zero-order valence-electron chi connectivity index (χ0n) is 14.1. The largest absolute Gasteiger partial charge is 0.497 e. The molecule has 0 radical (unpaired) electrons. The minimum Gasteiger partial charge on any atom is -0.497 e. The fraction of sp³-hybridized carbons (Fsp3) is 0.105. The van der Waals surface area contributed by atoms with Crippen molar-refractivity contribution in [3.8, 4) is 5.75 Å². The van der Waals surface area contributed by atoms with Crippen molar-refractivity contribution in [3.63, 3.8) is 0 Å². The molecule has 5 nitrogen and oxygen atoms in total. The average molecular weight is 387 g/mol. The average Bonchev–Trinajstić information content (AvgIpc) is 3.01. The minimum absolute atomic E-state index is 0.0486. The van der Waals surface area contributed by atoms with Crippen LogP contribution < -0.4 is 10.1 Å². The molecule has 0 fully saturated rings. The van der Waals surface area contributed by atoms with Crippen LogP contribution in [0.5, 0.6) is 5.75 Å². The third-order valence-electron chi connectivity index (χ3n) is 3.62. The highest BCUT2D eigenvalue weighted by atomic mass is 35.5. The monoisotopic (exact) mass is 386 g/mol. The number of rotatable bonds is 5. The van der Waals surface area contributed by atoms with Gasteiger partial charge in [-0.15, -0.1) is 0 Å². The summed E-state index contributed by atoms with van der Waals surface area (Å²) in [5.74, 6) is -0.134. The van der Waals surface area contributed by atoms with Crippen LogP contribution >= 0.6 is 22.9 Å². The molecular formula is C19H15ClN2O3S. The molecule has 1 N–H and O–H groups in total. The first-order valence-electron chi connectivity index (χ1n) is 7.70. The summed E-state index contributed by atoms with van der Waals surface area (Å²) in [7, 11) is 1.57. The second-order valence-electron chi connectivity index (χ2n) is 5.47. The number of benzene rings is 2. The van der Waals surface area contributed by atoms with E-state index in [1.807, 2.05) is 0 Å². The zero-order valence-corrected chi connectivity index (χ0v) is 15.6.